The number of benzene rings is 1. The third-order valence-corrected chi connectivity index (χ3v) is 5.51. The van der Waals surface area contributed by atoms with Crippen molar-refractivity contribution in [1.29, 1.82) is 0 Å². The van der Waals surface area contributed by atoms with E-state index in [9.17, 15) is 27.6 Å². The summed E-state index contributed by atoms with van der Waals surface area (Å²) in [5, 5.41) is 2.76. The second-order valence-corrected chi connectivity index (χ2v) is 7.84. The Morgan fingerprint density at radius 2 is 1.70 bits per heavy atom. The Labute approximate surface area is 188 Å². The van der Waals surface area contributed by atoms with E-state index in [1.807, 2.05) is 4.90 Å². The Morgan fingerprint density at radius 3 is 2.33 bits per heavy atom. The molecule has 0 spiro atoms. The molecule has 2 aliphatic heterocycles. The first-order valence-corrected chi connectivity index (χ1v) is 10.6. The molecule has 2 heterocycles. The molecular weight excluding hydrogens is 443 g/mol. The summed E-state index contributed by atoms with van der Waals surface area (Å²) in [7, 11) is 0. The Morgan fingerprint density at radius 1 is 1.06 bits per heavy atom. The van der Waals surface area contributed by atoms with E-state index in [1.165, 1.54) is 24.3 Å². The topological polar surface area (TPSA) is 117 Å². The third-order valence-electron chi connectivity index (χ3n) is 5.51. The van der Waals surface area contributed by atoms with Gasteiger partial charge in [0.2, 0.25) is 0 Å². The Kier molecular flexibility index (Phi) is 7.90. The van der Waals surface area contributed by atoms with E-state index in [1.54, 1.807) is 4.90 Å². The third kappa shape index (κ3) is 6.44. The molecule has 3 rings (SSSR count). The van der Waals surface area contributed by atoms with Gasteiger partial charge in [0.25, 0.3) is 5.91 Å². The van der Waals surface area contributed by atoms with Crippen molar-refractivity contribution < 1.29 is 32.3 Å². The number of amides is 4. The molecule has 0 aliphatic carbocycles. The largest absolute Gasteiger partial charge is 0.473 e. The van der Waals surface area contributed by atoms with Crippen LogP contribution in [0.15, 0.2) is 29.3 Å². The number of nitrogens with zero attached hydrogens (tertiary/aromatic N) is 3. The van der Waals surface area contributed by atoms with Gasteiger partial charge in [0.1, 0.15) is 5.84 Å². The number of nitrogens with two attached hydrogens (primary N) is 1. The Balaban J connectivity index is 1.58. The molecular formula is C21H26F3N5O4. The number of urea groups is 1. The molecule has 2 saturated heterocycles. The summed E-state index contributed by atoms with van der Waals surface area (Å²) in [5.74, 6) is -3.34. The lowest BCUT2D eigenvalue weighted by Gasteiger charge is -2.40. The number of aliphatic imine (C=N–C) groups is 1. The monoisotopic (exact) mass is 469 g/mol. The molecule has 3 N–H and O–H groups in total. The second-order valence-electron chi connectivity index (χ2n) is 7.84. The minimum Gasteiger partial charge on any atom is -0.383 e. The highest BCUT2D eigenvalue weighted by atomic mass is 19.4. The van der Waals surface area contributed by atoms with Crippen LogP contribution < -0.4 is 11.1 Å². The van der Waals surface area contributed by atoms with Crippen molar-refractivity contribution in [2.24, 2.45) is 10.7 Å². The van der Waals surface area contributed by atoms with Crippen molar-refractivity contribution in [3.8, 4) is 0 Å². The van der Waals surface area contributed by atoms with Gasteiger partial charge in [0.05, 0.1) is 19.3 Å². The van der Waals surface area contributed by atoms with Crippen molar-refractivity contribution in [1.82, 2.24) is 15.1 Å². The van der Waals surface area contributed by atoms with E-state index in [2.05, 4.69) is 10.3 Å². The summed E-state index contributed by atoms with van der Waals surface area (Å²) in [4.78, 5) is 42.7. The first kappa shape index (κ1) is 24.5. The minimum atomic E-state index is -5.11. The summed E-state index contributed by atoms with van der Waals surface area (Å²) < 4.78 is 42.4. The summed E-state index contributed by atoms with van der Waals surface area (Å²) in [6.07, 6.45) is -2.04. The van der Waals surface area contributed by atoms with Gasteiger partial charge in [-0.15, -0.1) is 0 Å². The molecule has 1 aromatic rings. The second kappa shape index (κ2) is 10.6. The molecule has 1 atom stereocenters. The molecule has 33 heavy (non-hydrogen) atoms. The van der Waals surface area contributed by atoms with Gasteiger partial charge < -0.3 is 25.6 Å². The van der Waals surface area contributed by atoms with Crippen molar-refractivity contribution in [3.05, 3.63) is 35.4 Å². The van der Waals surface area contributed by atoms with Gasteiger partial charge >= 0.3 is 18.1 Å². The minimum absolute atomic E-state index is 0.0511. The first-order chi connectivity index (χ1) is 15.7. The van der Waals surface area contributed by atoms with Crippen molar-refractivity contribution >= 4 is 23.7 Å². The standard InChI is InChI=1S/C21H26F3N5O4/c22-21(23,24)19(31)27-17(25)14-4-6-15(7-5-14)18(30)26-12-16-13-33-11-10-29(16)20(32)28-8-2-1-3-9-28/h4-7,16H,1-3,8-13H2,(H,26,30)(H2,25,27,31). The zero-order chi connectivity index (χ0) is 24.0. The van der Waals surface area contributed by atoms with E-state index in [4.69, 9.17) is 10.5 Å². The van der Waals surface area contributed by atoms with E-state index in [0.29, 0.717) is 19.8 Å². The maximum absolute atomic E-state index is 12.9. The molecule has 9 nitrogen and oxygen atoms in total. The molecule has 0 aromatic heterocycles. The maximum atomic E-state index is 12.9. The van der Waals surface area contributed by atoms with Crippen LogP contribution in [0.1, 0.15) is 35.2 Å². The van der Waals surface area contributed by atoms with Gasteiger partial charge in [0.15, 0.2) is 0 Å². The molecule has 0 saturated carbocycles. The van der Waals surface area contributed by atoms with Crippen LogP contribution in [0.3, 0.4) is 0 Å². The number of hydrogen-bond acceptors (Lipinski definition) is 4. The Bertz CT molecular complexity index is 898. The number of hydrogen-bond donors (Lipinski definition) is 2. The van der Waals surface area contributed by atoms with Gasteiger partial charge in [-0.2, -0.15) is 18.2 Å². The number of carbonyl (C=O) groups is 3. The highest BCUT2D eigenvalue weighted by Gasteiger charge is 2.39. The predicted molar refractivity (Wildman–Crippen MR) is 113 cm³/mol. The average Bonchev–Trinajstić information content (AvgIpc) is 2.82. The van der Waals surface area contributed by atoms with Crippen LogP contribution in [0.2, 0.25) is 0 Å². The number of morpholine rings is 1. The van der Waals surface area contributed by atoms with E-state index < -0.39 is 23.8 Å². The van der Waals surface area contributed by atoms with Crippen LogP contribution in [0.4, 0.5) is 18.0 Å². The SMILES string of the molecule is NC(=NC(=O)C(F)(F)F)c1ccc(C(=O)NCC2COCCN2C(=O)N2CCCCC2)cc1. The molecule has 180 valence electrons. The molecule has 1 aromatic carbocycles. The van der Waals surface area contributed by atoms with Crippen LogP contribution in [0.5, 0.6) is 0 Å². The van der Waals surface area contributed by atoms with Crippen molar-refractivity contribution in [2.45, 2.75) is 31.5 Å². The fourth-order valence-electron chi connectivity index (χ4n) is 3.68. The summed E-state index contributed by atoms with van der Waals surface area (Å²) in [6.45, 7) is 2.82. The molecule has 0 radical (unpaired) electrons. The Hall–Kier alpha value is -3.15. The lowest BCUT2D eigenvalue weighted by Crippen LogP contribution is -2.57. The molecule has 12 heteroatoms. The van der Waals surface area contributed by atoms with Crippen LogP contribution in [0.25, 0.3) is 0 Å². The first-order valence-electron chi connectivity index (χ1n) is 10.6. The summed E-state index contributed by atoms with van der Waals surface area (Å²) >= 11 is 0. The van der Waals surface area contributed by atoms with Gasteiger partial charge in [-0.1, -0.05) is 12.1 Å². The lowest BCUT2D eigenvalue weighted by molar-refractivity contribution is -0.169. The van der Waals surface area contributed by atoms with Crippen LogP contribution in [0, 0.1) is 0 Å². The fraction of sp³-hybridized carbons (Fsp3) is 0.524. The van der Waals surface area contributed by atoms with E-state index >= 15 is 0 Å². The summed E-state index contributed by atoms with van der Waals surface area (Å²) in [6, 6.07) is 4.95. The number of piperidine rings is 1. The van der Waals surface area contributed by atoms with Crippen LogP contribution >= 0.6 is 0 Å². The highest BCUT2D eigenvalue weighted by molar-refractivity contribution is 6.05. The van der Waals surface area contributed by atoms with E-state index in [-0.39, 0.29) is 29.7 Å². The normalized spacial score (nSPS) is 19.8. The number of ether oxygens (including phenoxy) is 1. The van der Waals surface area contributed by atoms with E-state index in [0.717, 1.165) is 32.4 Å². The zero-order valence-corrected chi connectivity index (χ0v) is 17.9. The zero-order valence-electron chi connectivity index (χ0n) is 17.9. The molecule has 0 bridgehead atoms. The number of halogens is 3. The average molecular weight is 469 g/mol. The van der Waals surface area contributed by atoms with Gasteiger partial charge in [0, 0.05) is 37.3 Å². The fourth-order valence-corrected chi connectivity index (χ4v) is 3.68. The maximum Gasteiger partial charge on any atom is 0.473 e. The van der Waals surface area contributed by atoms with Crippen molar-refractivity contribution in [2.75, 3.05) is 39.4 Å². The molecule has 4 amide bonds. The van der Waals surface area contributed by atoms with Crippen molar-refractivity contribution in [3.63, 3.8) is 0 Å². The van der Waals surface area contributed by atoms with Gasteiger partial charge in [-0.05, 0) is 31.4 Å². The number of carbonyl (C=O) groups excluding carboxylic acids is 3. The summed E-state index contributed by atoms with van der Waals surface area (Å²) in [5.41, 5.74) is 5.76. The number of nitrogens with one attached hydrogen (secondary N) is 1. The molecule has 2 aliphatic rings. The molecule has 2 fully saturated rings. The lowest BCUT2D eigenvalue weighted by atomic mass is 10.1. The molecule has 1 unspecified atom stereocenters. The predicted octanol–water partition coefficient (Wildman–Crippen LogP) is 1.52. The highest BCUT2D eigenvalue weighted by Crippen LogP contribution is 2.17. The number of rotatable bonds is 4. The number of alkyl halides is 3. The van der Waals surface area contributed by atoms with Gasteiger partial charge in [-0.25, -0.2) is 4.79 Å². The number of amidine groups is 1. The quantitative estimate of drug-likeness (QED) is 0.512. The smallest absolute Gasteiger partial charge is 0.383 e. The van der Waals surface area contributed by atoms with Gasteiger partial charge in [-0.3, -0.25) is 9.59 Å². The number of likely N-dealkylation sites (tertiary alicyclic amines) is 1. The van der Waals surface area contributed by atoms with Crippen LogP contribution in [-0.4, -0.2) is 85.1 Å². The van der Waals surface area contributed by atoms with Crippen LogP contribution in [-0.2, 0) is 9.53 Å².